The summed E-state index contributed by atoms with van der Waals surface area (Å²) in [6.07, 6.45) is -3.21. The number of pyridine rings is 1. The lowest BCUT2D eigenvalue weighted by Gasteiger charge is -2.12. The van der Waals surface area contributed by atoms with E-state index in [1.807, 2.05) is 0 Å². The van der Waals surface area contributed by atoms with Crippen LogP contribution in [0.25, 0.3) is 0 Å². The summed E-state index contributed by atoms with van der Waals surface area (Å²) in [5.74, 6) is -1.65. The Labute approximate surface area is 152 Å². The predicted octanol–water partition coefficient (Wildman–Crippen LogP) is 3.50. The molecule has 0 bridgehead atoms. The molecule has 0 radical (unpaired) electrons. The topological polar surface area (TPSA) is 106 Å². The van der Waals surface area contributed by atoms with Crippen LogP contribution in [0.3, 0.4) is 0 Å². The second kappa shape index (κ2) is 8.33. The maximum atomic E-state index is 12.5. The molecule has 1 unspecified atom stereocenters. The lowest BCUT2D eigenvalue weighted by molar-refractivity contribution is -0.137. The maximum Gasteiger partial charge on any atom is 0.416 e. The van der Waals surface area contributed by atoms with Crippen LogP contribution in [0.2, 0.25) is 0 Å². The van der Waals surface area contributed by atoms with Crippen LogP contribution in [-0.2, 0) is 11.0 Å². The molecule has 0 saturated heterocycles. The van der Waals surface area contributed by atoms with E-state index in [-0.39, 0.29) is 5.69 Å². The molecule has 0 aliphatic rings. The summed E-state index contributed by atoms with van der Waals surface area (Å²) < 4.78 is 37.6. The molecule has 0 fully saturated rings. The third-order valence-corrected chi connectivity index (χ3v) is 3.58. The van der Waals surface area contributed by atoms with Crippen molar-refractivity contribution >= 4 is 11.6 Å². The first-order chi connectivity index (χ1) is 12.7. The number of nitrogens with one attached hydrogen (secondary N) is 1. The third-order valence-electron chi connectivity index (χ3n) is 3.58. The molecule has 1 aromatic carbocycles. The van der Waals surface area contributed by atoms with E-state index in [1.54, 1.807) is 0 Å². The smallest absolute Gasteiger partial charge is 0.416 e. The minimum absolute atomic E-state index is 0.0169. The summed E-state index contributed by atoms with van der Waals surface area (Å²) in [7, 11) is 0. The van der Waals surface area contributed by atoms with Gasteiger partial charge in [-0.15, -0.1) is 0 Å². The van der Waals surface area contributed by atoms with Gasteiger partial charge in [0, 0.05) is 24.5 Å². The predicted molar refractivity (Wildman–Crippen MR) is 89.2 cm³/mol. The van der Waals surface area contributed by atoms with Crippen LogP contribution >= 0.6 is 0 Å². The Morgan fingerprint density at radius 3 is 2.30 bits per heavy atom. The molecule has 0 saturated carbocycles. The van der Waals surface area contributed by atoms with Crippen LogP contribution in [0.15, 0.2) is 60.1 Å². The molecule has 3 N–H and O–H groups in total. The summed E-state index contributed by atoms with van der Waals surface area (Å²) in [6.45, 7) is 0. The number of alkyl halides is 3. The second-order valence-corrected chi connectivity index (χ2v) is 5.46. The van der Waals surface area contributed by atoms with Crippen LogP contribution in [0, 0.1) is 11.3 Å². The fourth-order valence-electron chi connectivity index (χ4n) is 2.17. The number of amides is 1. The van der Waals surface area contributed by atoms with Gasteiger partial charge in [-0.2, -0.15) is 18.4 Å². The molecule has 1 amide bonds. The van der Waals surface area contributed by atoms with Gasteiger partial charge < -0.3 is 15.5 Å². The normalized spacial score (nSPS) is 13.3. The molecule has 0 spiro atoms. The number of hydrogen-bond donors (Lipinski definition) is 3. The fourth-order valence-corrected chi connectivity index (χ4v) is 2.17. The molecular formula is C18H14F3N3O3. The quantitative estimate of drug-likeness (QED) is 0.420. The molecule has 0 aliphatic heterocycles. The van der Waals surface area contributed by atoms with Gasteiger partial charge in [0.15, 0.2) is 5.57 Å². The zero-order valence-electron chi connectivity index (χ0n) is 13.7. The lowest BCUT2D eigenvalue weighted by atomic mass is 10.0. The summed E-state index contributed by atoms with van der Waals surface area (Å²) in [5, 5.41) is 31.4. The highest BCUT2D eigenvalue weighted by Crippen LogP contribution is 2.30. The average molecular weight is 377 g/mol. The van der Waals surface area contributed by atoms with Crippen molar-refractivity contribution in [3.05, 3.63) is 71.3 Å². The van der Waals surface area contributed by atoms with Gasteiger partial charge in [-0.25, -0.2) is 0 Å². The van der Waals surface area contributed by atoms with Crippen molar-refractivity contribution in [2.45, 2.75) is 18.7 Å². The Kier molecular flexibility index (Phi) is 6.15. The number of hydrogen-bond acceptors (Lipinski definition) is 5. The van der Waals surface area contributed by atoms with E-state index in [1.165, 1.54) is 30.6 Å². The minimum atomic E-state index is -4.51. The van der Waals surface area contributed by atoms with Gasteiger partial charge in [0.2, 0.25) is 0 Å². The molecule has 0 aliphatic carbocycles. The van der Waals surface area contributed by atoms with Crippen molar-refractivity contribution in [2.75, 3.05) is 5.32 Å². The number of rotatable bonds is 5. The van der Waals surface area contributed by atoms with Crippen molar-refractivity contribution in [1.29, 1.82) is 5.26 Å². The summed E-state index contributed by atoms with van der Waals surface area (Å²) in [5.41, 5.74) is -1.09. The highest BCUT2D eigenvalue weighted by Gasteiger charge is 2.30. The number of nitriles is 1. The van der Waals surface area contributed by atoms with E-state index in [9.17, 15) is 28.2 Å². The van der Waals surface area contributed by atoms with Crippen molar-refractivity contribution in [1.82, 2.24) is 4.98 Å². The lowest BCUT2D eigenvalue weighted by Crippen LogP contribution is -2.16. The Morgan fingerprint density at radius 2 is 1.78 bits per heavy atom. The Bertz CT molecular complexity index is 873. The van der Waals surface area contributed by atoms with Crippen molar-refractivity contribution in [3.63, 3.8) is 0 Å². The number of nitrogens with zero attached hydrogens (tertiary/aromatic N) is 2. The summed E-state index contributed by atoms with van der Waals surface area (Å²) in [6, 6.07) is 8.15. The van der Waals surface area contributed by atoms with Gasteiger partial charge in [0.1, 0.15) is 11.8 Å². The monoisotopic (exact) mass is 377 g/mol. The maximum absolute atomic E-state index is 12.5. The number of halogens is 3. The first-order valence-electron chi connectivity index (χ1n) is 7.61. The Morgan fingerprint density at radius 1 is 1.19 bits per heavy atom. The van der Waals surface area contributed by atoms with Gasteiger partial charge in [-0.3, -0.25) is 9.78 Å². The largest absolute Gasteiger partial charge is 0.511 e. The van der Waals surface area contributed by atoms with Crippen LogP contribution in [0.4, 0.5) is 18.9 Å². The highest BCUT2D eigenvalue weighted by atomic mass is 19.4. The number of aliphatic hydroxyl groups excluding tert-OH is 2. The highest BCUT2D eigenvalue weighted by molar-refractivity contribution is 6.06. The Balaban J connectivity index is 2.12. The van der Waals surface area contributed by atoms with Crippen molar-refractivity contribution in [2.24, 2.45) is 0 Å². The summed E-state index contributed by atoms with van der Waals surface area (Å²) >= 11 is 0. The van der Waals surface area contributed by atoms with E-state index in [0.717, 1.165) is 24.3 Å². The fraction of sp³-hybridized carbons (Fsp3) is 0.167. The number of aromatic nitrogens is 1. The first-order valence-corrected chi connectivity index (χ1v) is 7.61. The van der Waals surface area contributed by atoms with Gasteiger partial charge in [0.05, 0.1) is 11.7 Å². The average Bonchev–Trinajstić information content (AvgIpc) is 2.62. The van der Waals surface area contributed by atoms with Crippen molar-refractivity contribution in [3.8, 4) is 6.07 Å². The Hall–Kier alpha value is -3.38. The molecule has 1 heterocycles. The van der Waals surface area contributed by atoms with E-state index in [0.29, 0.717) is 5.56 Å². The molecule has 140 valence electrons. The zero-order chi connectivity index (χ0) is 20.0. The molecule has 2 aromatic rings. The minimum Gasteiger partial charge on any atom is -0.511 e. The first kappa shape index (κ1) is 19.9. The third kappa shape index (κ3) is 5.29. The number of carbonyl (C=O) groups is 1. The number of carbonyl (C=O) groups excluding carboxylic acids is 1. The van der Waals surface area contributed by atoms with E-state index >= 15 is 0 Å². The van der Waals surface area contributed by atoms with E-state index in [4.69, 9.17) is 5.26 Å². The van der Waals surface area contributed by atoms with Gasteiger partial charge >= 0.3 is 6.18 Å². The van der Waals surface area contributed by atoms with E-state index < -0.39 is 41.5 Å². The van der Waals surface area contributed by atoms with Crippen LogP contribution in [-0.4, -0.2) is 21.1 Å². The number of benzene rings is 1. The molecule has 9 heteroatoms. The van der Waals surface area contributed by atoms with Gasteiger partial charge in [0.25, 0.3) is 5.91 Å². The van der Waals surface area contributed by atoms with Crippen LogP contribution in [0.5, 0.6) is 0 Å². The molecule has 6 nitrogen and oxygen atoms in total. The SMILES string of the molecule is N#C/C(C(=O)Nc1ccc(C(F)(F)F)cc1)=C(/O)CC(O)c1ccncc1. The molecule has 1 atom stereocenters. The molecular weight excluding hydrogens is 363 g/mol. The van der Waals surface area contributed by atoms with Crippen molar-refractivity contribution < 1.29 is 28.2 Å². The van der Waals surface area contributed by atoms with Gasteiger partial charge in [-0.05, 0) is 42.0 Å². The zero-order valence-corrected chi connectivity index (χ0v) is 13.7. The molecule has 27 heavy (non-hydrogen) atoms. The number of aliphatic hydroxyl groups is 2. The van der Waals surface area contributed by atoms with E-state index in [2.05, 4.69) is 10.3 Å². The summed E-state index contributed by atoms with van der Waals surface area (Å²) in [4.78, 5) is 15.9. The second-order valence-electron chi connectivity index (χ2n) is 5.46. The van der Waals surface area contributed by atoms with Crippen LogP contribution < -0.4 is 5.32 Å². The standard InChI is InChI=1S/C18H14F3N3O3/c19-18(20,21)12-1-3-13(4-2-12)24-17(27)14(10-22)16(26)9-15(25)11-5-7-23-8-6-11/h1-8,15,25-26H,9H2,(H,24,27)/b16-14-. The molecule has 2 rings (SSSR count). The molecule has 1 aromatic heterocycles. The number of anilines is 1. The van der Waals surface area contributed by atoms with Crippen LogP contribution in [0.1, 0.15) is 23.7 Å². The van der Waals surface area contributed by atoms with Gasteiger partial charge in [-0.1, -0.05) is 0 Å².